The molecule has 5 heteroatoms. The number of methoxy groups -OCH3 is 1. The van der Waals surface area contributed by atoms with Gasteiger partial charge in [-0.2, -0.15) is 0 Å². The maximum atomic E-state index is 13.3. The van der Waals surface area contributed by atoms with Gasteiger partial charge in [0.15, 0.2) is 0 Å². The van der Waals surface area contributed by atoms with E-state index in [-0.39, 0.29) is 11.7 Å². The number of ether oxygens (including phenoxy) is 1. The highest BCUT2D eigenvalue weighted by Crippen LogP contribution is 2.23. The Kier molecular flexibility index (Phi) is 3.84. The Morgan fingerprint density at radius 1 is 1.12 bits per heavy atom. The lowest BCUT2D eigenvalue weighted by atomic mass is 9.99. The number of halogens is 1. The third-order valence-electron chi connectivity index (χ3n) is 4.58. The molecule has 2 aromatic carbocycles. The minimum atomic E-state index is -0.231. The van der Waals surface area contributed by atoms with Crippen molar-refractivity contribution >= 4 is 16.8 Å². The average Bonchev–Trinajstić information content (AvgIpc) is 2.66. The van der Waals surface area contributed by atoms with Crippen LogP contribution in [0.25, 0.3) is 10.9 Å². The van der Waals surface area contributed by atoms with Crippen LogP contribution in [0.15, 0.2) is 48.5 Å². The van der Waals surface area contributed by atoms with E-state index in [1.165, 1.54) is 6.07 Å². The number of nitrogens with zero attached hydrogens (tertiary/aromatic N) is 2. The third-order valence-corrected chi connectivity index (χ3v) is 4.58. The predicted octanol–water partition coefficient (Wildman–Crippen LogP) is 3.58. The number of hydrogen-bond donors (Lipinski definition) is 0. The summed E-state index contributed by atoms with van der Waals surface area (Å²) in [6.07, 6.45) is 0.656. The number of benzene rings is 2. The number of carbonyl (C=O) groups is 1. The molecule has 0 N–H and O–H groups in total. The summed E-state index contributed by atoms with van der Waals surface area (Å²) in [6, 6.07) is 13.9. The summed E-state index contributed by atoms with van der Waals surface area (Å²) < 4.78 is 18.5. The van der Waals surface area contributed by atoms with E-state index in [0.29, 0.717) is 25.2 Å². The number of amides is 1. The minimum Gasteiger partial charge on any atom is -0.497 e. The summed E-state index contributed by atoms with van der Waals surface area (Å²) in [6.45, 7) is 1.05. The first kappa shape index (κ1) is 15.6. The fraction of sp³-hybridized carbons (Fsp3) is 0.200. The molecular weight excluding hydrogens is 319 g/mol. The lowest BCUT2D eigenvalue weighted by Crippen LogP contribution is -2.36. The molecular formula is C20H17FN2O2. The molecule has 2 heterocycles. The van der Waals surface area contributed by atoms with Crippen LogP contribution in [0, 0.1) is 5.82 Å². The molecule has 1 amide bonds. The molecule has 0 radical (unpaired) electrons. The van der Waals surface area contributed by atoms with Crippen molar-refractivity contribution in [1.29, 1.82) is 0 Å². The Bertz CT molecular complexity index is 971. The number of hydrogen-bond acceptors (Lipinski definition) is 3. The largest absolute Gasteiger partial charge is 0.497 e. The van der Waals surface area contributed by atoms with Gasteiger partial charge >= 0.3 is 0 Å². The van der Waals surface area contributed by atoms with Crippen molar-refractivity contribution in [3.8, 4) is 5.75 Å². The number of pyridine rings is 1. The molecule has 0 saturated carbocycles. The SMILES string of the molecule is COc1ccc2nc(C(=O)N3CCc4cc(F)ccc4C3)ccc2c1. The van der Waals surface area contributed by atoms with Crippen LogP contribution in [0.4, 0.5) is 4.39 Å². The van der Waals surface area contributed by atoms with Gasteiger partial charge in [-0.05, 0) is 53.9 Å². The summed E-state index contributed by atoms with van der Waals surface area (Å²) in [7, 11) is 1.62. The Balaban J connectivity index is 1.60. The van der Waals surface area contributed by atoms with Gasteiger partial charge in [-0.15, -0.1) is 0 Å². The highest BCUT2D eigenvalue weighted by Gasteiger charge is 2.23. The summed E-state index contributed by atoms with van der Waals surface area (Å²) in [5, 5.41) is 0.926. The van der Waals surface area contributed by atoms with Gasteiger partial charge in [0.25, 0.3) is 5.91 Å². The zero-order valence-corrected chi connectivity index (χ0v) is 13.8. The highest BCUT2D eigenvalue weighted by molar-refractivity contribution is 5.95. The molecule has 1 aliphatic rings. The molecule has 0 spiro atoms. The maximum absolute atomic E-state index is 13.3. The first-order valence-electron chi connectivity index (χ1n) is 8.15. The van der Waals surface area contributed by atoms with Crippen molar-refractivity contribution in [3.63, 3.8) is 0 Å². The van der Waals surface area contributed by atoms with Gasteiger partial charge in [0.05, 0.1) is 12.6 Å². The molecule has 0 fully saturated rings. The fourth-order valence-corrected chi connectivity index (χ4v) is 3.21. The molecule has 126 valence electrons. The summed E-state index contributed by atoms with van der Waals surface area (Å²) >= 11 is 0. The molecule has 3 aromatic rings. The Morgan fingerprint density at radius 2 is 2.00 bits per heavy atom. The normalized spacial score (nSPS) is 13.6. The Morgan fingerprint density at radius 3 is 2.84 bits per heavy atom. The first-order valence-corrected chi connectivity index (χ1v) is 8.15. The van der Waals surface area contributed by atoms with E-state index in [1.54, 1.807) is 30.2 Å². The fourth-order valence-electron chi connectivity index (χ4n) is 3.21. The summed E-state index contributed by atoms with van der Waals surface area (Å²) in [4.78, 5) is 19.1. The lowest BCUT2D eigenvalue weighted by molar-refractivity contribution is 0.0729. The van der Waals surface area contributed by atoms with Crippen molar-refractivity contribution in [2.45, 2.75) is 13.0 Å². The molecule has 0 aliphatic carbocycles. The molecule has 1 aliphatic heterocycles. The Labute approximate surface area is 144 Å². The van der Waals surface area contributed by atoms with Gasteiger partial charge in [0, 0.05) is 18.5 Å². The lowest BCUT2D eigenvalue weighted by Gasteiger charge is -2.28. The van der Waals surface area contributed by atoms with Crippen molar-refractivity contribution < 1.29 is 13.9 Å². The number of fused-ring (bicyclic) bond motifs is 2. The van der Waals surface area contributed by atoms with Gasteiger partial charge in [0.1, 0.15) is 17.3 Å². The predicted molar refractivity (Wildman–Crippen MR) is 93.1 cm³/mol. The van der Waals surface area contributed by atoms with E-state index in [0.717, 1.165) is 27.8 Å². The van der Waals surface area contributed by atoms with Crippen LogP contribution in [-0.2, 0) is 13.0 Å². The highest BCUT2D eigenvalue weighted by atomic mass is 19.1. The van der Waals surface area contributed by atoms with Crippen molar-refractivity contribution in [3.05, 3.63) is 71.2 Å². The quantitative estimate of drug-likeness (QED) is 0.718. The zero-order valence-electron chi connectivity index (χ0n) is 13.8. The molecule has 0 unspecified atom stereocenters. The van der Waals surface area contributed by atoms with E-state index in [4.69, 9.17) is 4.74 Å². The van der Waals surface area contributed by atoms with Gasteiger partial charge in [-0.25, -0.2) is 9.37 Å². The molecule has 4 nitrogen and oxygen atoms in total. The average molecular weight is 336 g/mol. The van der Waals surface area contributed by atoms with E-state index in [2.05, 4.69) is 4.98 Å². The zero-order chi connectivity index (χ0) is 17.4. The second-order valence-corrected chi connectivity index (χ2v) is 6.14. The second-order valence-electron chi connectivity index (χ2n) is 6.14. The van der Waals surface area contributed by atoms with Gasteiger partial charge in [0.2, 0.25) is 0 Å². The molecule has 0 bridgehead atoms. The topological polar surface area (TPSA) is 42.4 Å². The number of carbonyl (C=O) groups excluding carboxylic acids is 1. The van der Waals surface area contributed by atoms with Crippen LogP contribution in [0.2, 0.25) is 0 Å². The summed E-state index contributed by atoms with van der Waals surface area (Å²) in [5.74, 6) is 0.422. The van der Waals surface area contributed by atoms with Crippen molar-refractivity contribution in [2.75, 3.05) is 13.7 Å². The standard InChI is InChI=1S/C20H17FN2O2/c1-25-17-5-7-18-14(11-17)3-6-19(22-18)20(24)23-9-8-13-10-16(21)4-2-15(13)12-23/h2-7,10-11H,8-9,12H2,1H3. The monoisotopic (exact) mass is 336 g/mol. The van der Waals surface area contributed by atoms with Crippen molar-refractivity contribution in [1.82, 2.24) is 9.88 Å². The number of aromatic nitrogens is 1. The molecule has 0 atom stereocenters. The smallest absolute Gasteiger partial charge is 0.272 e. The van der Waals surface area contributed by atoms with Crippen LogP contribution >= 0.6 is 0 Å². The Hall–Kier alpha value is -2.95. The van der Waals surface area contributed by atoms with Gasteiger partial charge < -0.3 is 9.64 Å². The second kappa shape index (κ2) is 6.16. The van der Waals surface area contributed by atoms with Crippen LogP contribution in [0.3, 0.4) is 0 Å². The van der Waals surface area contributed by atoms with Crippen LogP contribution in [-0.4, -0.2) is 29.4 Å². The molecule has 4 rings (SSSR count). The molecule has 0 saturated heterocycles. The third kappa shape index (κ3) is 2.93. The molecule has 25 heavy (non-hydrogen) atoms. The maximum Gasteiger partial charge on any atom is 0.272 e. The van der Waals surface area contributed by atoms with Crippen molar-refractivity contribution in [2.24, 2.45) is 0 Å². The number of rotatable bonds is 2. The van der Waals surface area contributed by atoms with Crippen LogP contribution < -0.4 is 4.74 Å². The van der Waals surface area contributed by atoms with E-state index < -0.39 is 0 Å². The van der Waals surface area contributed by atoms with Crippen LogP contribution in [0.1, 0.15) is 21.6 Å². The van der Waals surface area contributed by atoms with Gasteiger partial charge in [-0.1, -0.05) is 12.1 Å². The van der Waals surface area contributed by atoms with E-state index in [9.17, 15) is 9.18 Å². The first-order chi connectivity index (χ1) is 12.1. The minimum absolute atomic E-state index is 0.104. The van der Waals surface area contributed by atoms with Gasteiger partial charge in [-0.3, -0.25) is 4.79 Å². The van der Waals surface area contributed by atoms with E-state index >= 15 is 0 Å². The summed E-state index contributed by atoms with van der Waals surface area (Å²) in [5.41, 5.74) is 3.14. The van der Waals surface area contributed by atoms with E-state index in [1.807, 2.05) is 24.3 Å². The van der Waals surface area contributed by atoms with Crippen LogP contribution in [0.5, 0.6) is 5.75 Å². The molecule has 1 aromatic heterocycles.